The summed E-state index contributed by atoms with van der Waals surface area (Å²) in [5, 5.41) is 13.7. The van der Waals surface area contributed by atoms with Crippen LogP contribution in [0.15, 0.2) is 53.5 Å². The van der Waals surface area contributed by atoms with E-state index in [-0.39, 0.29) is 12.5 Å². The predicted molar refractivity (Wildman–Crippen MR) is 113 cm³/mol. The van der Waals surface area contributed by atoms with Crippen LogP contribution in [0, 0.1) is 5.92 Å². The Hall–Kier alpha value is -2.41. The number of hydrogen-bond acceptors (Lipinski definition) is 5. The van der Waals surface area contributed by atoms with Crippen molar-refractivity contribution in [3.05, 3.63) is 59.7 Å². The van der Waals surface area contributed by atoms with Gasteiger partial charge in [-0.15, -0.1) is 0 Å². The smallest absolute Gasteiger partial charge is 0.123 e. The van der Waals surface area contributed by atoms with Crippen LogP contribution < -0.4 is 21.3 Å². The topological polar surface area (TPSA) is 91.9 Å². The normalized spacial score (nSPS) is 22.3. The van der Waals surface area contributed by atoms with Gasteiger partial charge in [-0.05, 0) is 42.5 Å². The van der Waals surface area contributed by atoms with Gasteiger partial charge in [-0.2, -0.15) is 0 Å². The number of benzene rings is 2. The standard InChI is InChI=1S/C22H30N4O2/c1-28-21-11-10-19(25-15-26-23)12-18(21)13-24-20-9-5-8-17(14-27)22(20)16-6-3-2-4-7-16/h2-4,6-7,10-12,15,17,20,22,24,27H,5,8-9,13-14,23H2,1H3,(H,25,26)/t17-,20+,22+/m0/s1. The Morgan fingerprint density at radius 2 is 2.04 bits per heavy atom. The van der Waals surface area contributed by atoms with Crippen LogP contribution >= 0.6 is 0 Å². The van der Waals surface area contributed by atoms with Gasteiger partial charge in [0.05, 0.1) is 12.8 Å². The van der Waals surface area contributed by atoms with E-state index in [0.717, 1.165) is 36.3 Å². The summed E-state index contributed by atoms with van der Waals surface area (Å²) in [6.45, 7) is 0.895. The number of aliphatic imine (C=N–C) groups is 1. The molecule has 0 heterocycles. The van der Waals surface area contributed by atoms with Crippen molar-refractivity contribution in [2.75, 3.05) is 13.7 Å². The molecule has 28 heavy (non-hydrogen) atoms. The summed E-state index contributed by atoms with van der Waals surface area (Å²) in [7, 11) is 1.68. The fourth-order valence-electron chi connectivity index (χ4n) is 4.24. The third-order valence-electron chi connectivity index (χ3n) is 5.56. The van der Waals surface area contributed by atoms with E-state index in [0.29, 0.717) is 18.5 Å². The summed E-state index contributed by atoms with van der Waals surface area (Å²) in [5.74, 6) is 6.68. The number of rotatable bonds is 8. The number of aliphatic hydroxyl groups is 1. The lowest BCUT2D eigenvalue weighted by Gasteiger charge is -2.38. The molecule has 0 aliphatic heterocycles. The molecule has 0 amide bonds. The molecule has 1 aliphatic rings. The lowest BCUT2D eigenvalue weighted by atomic mass is 9.72. The van der Waals surface area contributed by atoms with Crippen molar-refractivity contribution in [2.24, 2.45) is 16.8 Å². The summed E-state index contributed by atoms with van der Waals surface area (Å²) < 4.78 is 5.53. The van der Waals surface area contributed by atoms with Crippen LogP contribution in [0.3, 0.4) is 0 Å². The quantitative estimate of drug-likeness (QED) is 0.244. The van der Waals surface area contributed by atoms with Crippen molar-refractivity contribution < 1.29 is 9.84 Å². The maximum absolute atomic E-state index is 9.95. The molecule has 3 atom stereocenters. The molecule has 0 aromatic heterocycles. The van der Waals surface area contributed by atoms with Crippen molar-refractivity contribution in [1.29, 1.82) is 0 Å². The summed E-state index contributed by atoms with van der Waals surface area (Å²) in [5.41, 5.74) is 5.57. The van der Waals surface area contributed by atoms with E-state index < -0.39 is 0 Å². The first-order chi connectivity index (χ1) is 13.8. The molecular weight excluding hydrogens is 352 g/mol. The fraction of sp³-hybridized carbons (Fsp3) is 0.409. The largest absolute Gasteiger partial charge is 0.496 e. The number of aliphatic hydroxyl groups excluding tert-OH is 1. The molecular formula is C22H30N4O2. The minimum Gasteiger partial charge on any atom is -0.496 e. The first-order valence-corrected chi connectivity index (χ1v) is 9.81. The second kappa shape index (κ2) is 10.2. The number of nitrogens with zero attached hydrogens (tertiary/aromatic N) is 1. The molecule has 150 valence electrons. The Labute approximate surface area is 166 Å². The molecule has 6 nitrogen and oxygen atoms in total. The first-order valence-electron chi connectivity index (χ1n) is 9.81. The summed E-state index contributed by atoms with van der Waals surface area (Å²) in [4.78, 5) is 4.27. The Balaban J connectivity index is 1.79. The summed E-state index contributed by atoms with van der Waals surface area (Å²) in [6.07, 6.45) is 4.73. The molecule has 1 fully saturated rings. The van der Waals surface area contributed by atoms with Gasteiger partial charge in [0.2, 0.25) is 0 Å². The van der Waals surface area contributed by atoms with Crippen LogP contribution in [0.2, 0.25) is 0 Å². The number of nitrogens with one attached hydrogen (secondary N) is 2. The van der Waals surface area contributed by atoms with E-state index >= 15 is 0 Å². The van der Waals surface area contributed by atoms with Crippen LogP contribution in [-0.2, 0) is 6.54 Å². The highest BCUT2D eigenvalue weighted by Gasteiger charge is 2.33. The molecule has 2 aromatic carbocycles. The number of hydrazine groups is 1. The van der Waals surface area contributed by atoms with Crippen LogP contribution in [-0.4, -0.2) is 31.2 Å². The van der Waals surface area contributed by atoms with Gasteiger partial charge in [-0.25, -0.2) is 10.8 Å². The van der Waals surface area contributed by atoms with Gasteiger partial charge in [0.15, 0.2) is 0 Å². The van der Waals surface area contributed by atoms with Gasteiger partial charge in [-0.1, -0.05) is 36.8 Å². The monoisotopic (exact) mass is 382 g/mol. The van der Waals surface area contributed by atoms with Crippen molar-refractivity contribution in [3.8, 4) is 5.75 Å². The Morgan fingerprint density at radius 3 is 2.75 bits per heavy atom. The molecule has 1 aliphatic carbocycles. The van der Waals surface area contributed by atoms with Gasteiger partial charge in [0, 0.05) is 30.7 Å². The van der Waals surface area contributed by atoms with E-state index in [1.165, 1.54) is 11.9 Å². The molecule has 5 N–H and O–H groups in total. The van der Waals surface area contributed by atoms with E-state index in [4.69, 9.17) is 10.6 Å². The molecule has 0 bridgehead atoms. The average molecular weight is 383 g/mol. The van der Waals surface area contributed by atoms with Crippen molar-refractivity contribution in [2.45, 2.75) is 37.8 Å². The van der Waals surface area contributed by atoms with E-state index in [2.05, 4.69) is 40.0 Å². The molecule has 6 heteroatoms. The lowest BCUT2D eigenvalue weighted by molar-refractivity contribution is 0.145. The number of ether oxygens (including phenoxy) is 1. The Bertz CT molecular complexity index is 766. The van der Waals surface area contributed by atoms with Crippen molar-refractivity contribution in [3.63, 3.8) is 0 Å². The van der Waals surface area contributed by atoms with Gasteiger partial charge >= 0.3 is 0 Å². The van der Waals surface area contributed by atoms with Crippen LogP contribution in [0.5, 0.6) is 5.75 Å². The van der Waals surface area contributed by atoms with Crippen LogP contribution in [0.4, 0.5) is 5.69 Å². The number of hydrogen-bond donors (Lipinski definition) is 4. The maximum atomic E-state index is 9.95. The van der Waals surface area contributed by atoms with E-state index in [1.807, 2.05) is 24.3 Å². The lowest BCUT2D eigenvalue weighted by Crippen LogP contribution is -2.42. The van der Waals surface area contributed by atoms with Gasteiger partial charge in [0.1, 0.15) is 12.1 Å². The molecule has 2 aromatic rings. The van der Waals surface area contributed by atoms with Crippen LogP contribution in [0.1, 0.15) is 36.3 Å². The Kier molecular flexibility index (Phi) is 7.42. The zero-order valence-corrected chi connectivity index (χ0v) is 16.3. The maximum Gasteiger partial charge on any atom is 0.123 e. The molecule has 0 spiro atoms. The SMILES string of the molecule is COc1ccc(N=CNN)cc1CN[C@@H]1CCC[C@@H](CO)[C@H]1c1ccccc1. The molecule has 3 rings (SSSR count). The van der Waals surface area contributed by atoms with E-state index in [1.54, 1.807) is 7.11 Å². The van der Waals surface area contributed by atoms with Crippen LogP contribution in [0.25, 0.3) is 0 Å². The zero-order chi connectivity index (χ0) is 19.8. The molecule has 0 saturated heterocycles. The minimum absolute atomic E-state index is 0.220. The summed E-state index contributed by atoms with van der Waals surface area (Å²) >= 11 is 0. The van der Waals surface area contributed by atoms with Crippen molar-refractivity contribution in [1.82, 2.24) is 10.7 Å². The molecule has 0 radical (unpaired) electrons. The number of methoxy groups -OCH3 is 1. The summed E-state index contributed by atoms with van der Waals surface area (Å²) in [6, 6.07) is 16.6. The highest BCUT2D eigenvalue weighted by molar-refractivity contribution is 5.61. The third-order valence-corrected chi connectivity index (χ3v) is 5.56. The minimum atomic E-state index is 0.220. The first kappa shape index (κ1) is 20.3. The zero-order valence-electron chi connectivity index (χ0n) is 16.3. The third kappa shape index (κ3) is 4.90. The number of nitrogens with two attached hydrogens (primary N) is 1. The Morgan fingerprint density at radius 1 is 1.21 bits per heavy atom. The van der Waals surface area contributed by atoms with Gasteiger partial charge in [-0.3, -0.25) is 0 Å². The highest BCUT2D eigenvalue weighted by atomic mass is 16.5. The van der Waals surface area contributed by atoms with E-state index in [9.17, 15) is 5.11 Å². The van der Waals surface area contributed by atoms with Gasteiger partial charge in [0.25, 0.3) is 0 Å². The highest BCUT2D eigenvalue weighted by Crippen LogP contribution is 2.38. The second-order valence-corrected chi connectivity index (χ2v) is 7.22. The fourth-order valence-corrected chi connectivity index (χ4v) is 4.24. The average Bonchev–Trinajstić information content (AvgIpc) is 2.76. The molecule has 1 saturated carbocycles. The van der Waals surface area contributed by atoms with Gasteiger partial charge < -0.3 is 20.6 Å². The van der Waals surface area contributed by atoms with Crippen molar-refractivity contribution >= 4 is 12.0 Å². The second-order valence-electron chi connectivity index (χ2n) is 7.22. The molecule has 0 unspecified atom stereocenters. The predicted octanol–water partition coefficient (Wildman–Crippen LogP) is 2.85.